The third-order valence-electron chi connectivity index (χ3n) is 9.57. The van der Waals surface area contributed by atoms with Crippen LogP contribution >= 0.6 is 0 Å². The molecule has 0 saturated heterocycles. The molecule has 0 bridgehead atoms. The van der Waals surface area contributed by atoms with E-state index in [9.17, 15) is 4.79 Å². The predicted molar refractivity (Wildman–Crippen MR) is 124 cm³/mol. The summed E-state index contributed by atoms with van der Waals surface area (Å²) in [6.45, 7) is 8.85. The van der Waals surface area contributed by atoms with E-state index >= 15 is 0 Å². The van der Waals surface area contributed by atoms with Gasteiger partial charge in [0.1, 0.15) is 6.10 Å². The average Bonchev–Trinajstić information content (AvgIpc) is 3.10. The van der Waals surface area contributed by atoms with Crippen molar-refractivity contribution in [2.45, 2.75) is 85.2 Å². The van der Waals surface area contributed by atoms with Gasteiger partial charge in [-0.1, -0.05) is 38.5 Å². The minimum absolute atomic E-state index is 0.118. The molecular formula is C28H37NO2. The number of carbonyl (C=O) groups is 1. The van der Waals surface area contributed by atoms with E-state index in [2.05, 4.69) is 50.2 Å². The number of aryl methyl sites for hydroxylation is 1. The number of allylic oxidation sites excluding steroid dienone is 4. The molecule has 166 valence electrons. The summed E-state index contributed by atoms with van der Waals surface area (Å²) in [5.41, 5.74) is 6.50. The molecule has 1 heterocycles. The summed E-state index contributed by atoms with van der Waals surface area (Å²) in [5.74, 6) is 2.03. The Morgan fingerprint density at radius 1 is 1.16 bits per heavy atom. The average molecular weight is 420 g/mol. The van der Waals surface area contributed by atoms with Gasteiger partial charge in [0.2, 0.25) is 0 Å². The van der Waals surface area contributed by atoms with Crippen LogP contribution in [0.3, 0.4) is 0 Å². The van der Waals surface area contributed by atoms with Gasteiger partial charge in [-0.05, 0) is 91.7 Å². The van der Waals surface area contributed by atoms with Crippen molar-refractivity contribution >= 4 is 11.5 Å². The van der Waals surface area contributed by atoms with E-state index in [0.717, 1.165) is 25.2 Å². The number of pyridine rings is 1. The molecule has 1 aromatic heterocycles. The van der Waals surface area contributed by atoms with Crippen molar-refractivity contribution in [2.75, 3.05) is 0 Å². The van der Waals surface area contributed by atoms with Gasteiger partial charge >= 0.3 is 5.97 Å². The van der Waals surface area contributed by atoms with Crippen molar-refractivity contribution in [1.29, 1.82) is 0 Å². The fourth-order valence-electron chi connectivity index (χ4n) is 7.92. The number of carbonyl (C=O) groups excluding carboxylic acids is 1. The van der Waals surface area contributed by atoms with Crippen molar-refractivity contribution < 1.29 is 9.53 Å². The minimum atomic E-state index is -0.118. The van der Waals surface area contributed by atoms with Crippen LogP contribution < -0.4 is 0 Å². The quantitative estimate of drug-likeness (QED) is 0.523. The summed E-state index contributed by atoms with van der Waals surface area (Å²) in [7, 11) is 0. The van der Waals surface area contributed by atoms with Crippen LogP contribution in [0.15, 0.2) is 36.2 Å². The molecule has 31 heavy (non-hydrogen) atoms. The number of aromatic nitrogens is 1. The number of hydrogen-bond donors (Lipinski definition) is 0. The summed E-state index contributed by atoms with van der Waals surface area (Å²) in [6, 6.07) is 2.19. The Labute approximate surface area is 187 Å². The van der Waals surface area contributed by atoms with Gasteiger partial charge in [0.05, 0.1) is 0 Å². The van der Waals surface area contributed by atoms with E-state index in [1.54, 1.807) is 12.5 Å². The number of ether oxygens (including phenoxy) is 1. The highest BCUT2D eigenvalue weighted by Gasteiger charge is 2.56. The van der Waals surface area contributed by atoms with E-state index < -0.39 is 0 Å². The highest BCUT2D eigenvalue weighted by atomic mass is 16.5. The third kappa shape index (κ3) is 3.22. The van der Waals surface area contributed by atoms with Crippen LogP contribution in [0.2, 0.25) is 0 Å². The van der Waals surface area contributed by atoms with E-state index in [4.69, 9.17) is 4.74 Å². The maximum atomic E-state index is 11.5. The first kappa shape index (κ1) is 21.0. The molecule has 0 amide bonds. The number of fused-ring (bicyclic) bond motifs is 5. The Morgan fingerprint density at radius 2 is 2.00 bits per heavy atom. The SMILES string of the molecule is CCc1ccncc1C1=CC=C2C3CCC4CC(OC(C)=O)CCC4(C)C3CCC12C. The highest BCUT2D eigenvalue weighted by molar-refractivity contribution is 5.79. The molecule has 3 heteroatoms. The lowest BCUT2D eigenvalue weighted by atomic mass is 9.46. The van der Waals surface area contributed by atoms with Crippen molar-refractivity contribution in [1.82, 2.24) is 4.98 Å². The molecule has 3 nitrogen and oxygen atoms in total. The van der Waals surface area contributed by atoms with E-state index in [1.165, 1.54) is 48.8 Å². The molecule has 0 spiro atoms. The molecular weight excluding hydrogens is 382 g/mol. The van der Waals surface area contributed by atoms with Crippen molar-refractivity contribution in [3.63, 3.8) is 0 Å². The number of nitrogens with zero attached hydrogens (tertiary/aromatic N) is 1. The largest absolute Gasteiger partial charge is 0.463 e. The van der Waals surface area contributed by atoms with Crippen LogP contribution in [0.4, 0.5) is 0 Å². The number of rotatable bonds is 3. The molecule has 5 rings (SSSR count). The molecule has 1 aromatic rings. The van der Waals surface area contributed by atoms with Gasteiger partial charge < -0.3 is 4.74 Å². The second kappa shape index (κ2) is 7.60. The zero-order valence-electron chi connectivity index (χ0n) is 19.6. The van der Waals surface area contributed by atoms with E-state index in [-0.39, 0.29) is 17.5 Å². The minimum Gasteiger partial charge on any atom is -0.463 e. The first-order valence-electron chi connectivity index (χ1n) is 12.4. The zero-order valence-corrected chi connectivity index (χ0v) is 19.6. The Morgan fingerprint density at radius 3 is 2.77 bits per heavy atom. The number of hydrogen-bond acceptors (Lipinski definition) is 3. The Balaban J connectivity index is 1.40. The van der Waals surface area contributed by atoms with Crippen LogP contribution in [-0.2, 0) is 16.0 Å². The lowest BCUT2D eigenvalue weighted by molar-refractivity contribution is -0.154. The molecule has 4 aliphatic rings. The van der Waals surface area contributed by atoms with Gasteiger partial charge in [0.15, 0.2) is 0 Å². The smallest absolute Gasteiger partial charge is 0.302 e. The van der Waals surface area contributed by atoms with Crippen molar-refractivity contribution in [2.24, 2.45) is 28.6 Å². The van der Waals surface area contributed by atoms with Crippen LogP contribution in [0, 0.1) is 28.6 Å². The van der Waals surface area contributed by atoms with Crippen LogP contribution in [0.5, 0.6) is 0 Å². The van der Waals surface area contributed by atoms with Gasteiger partial charge in [-0.3, -0.25) is 9.78 Å². The Kier molecular flexibility index (Phi) is 5.14. The molecule has 0 aromatic carbocycles. The van der Waals surface area contributed by atoms with E-state index in [0.29, 0.717) is 17.3 Å². The first-order chi connectivity index (χ1) is 14.9. The van der Waals surface area contributed by atoms with Gasteiger partial charge in [-0.25, -0.2) is 0 Å². The predicted octanol–water partition coefficient (Wildman–Crippen LogP) is 6.53. The molecule has 0 radical (unpaired) electrons. The second-order valence-electron chi connectivity index (χ2n) is 11.0. The lowest BCUT2D eigenvalue weighted by Crippen LogP contribution is -2.51. The van der Waals surface area contributed by atoms with Crippen LogP contribution in [0.1, 0.15) is 83.8 Å². The third-order valence-corrected chi connectivity index (χ3v) is 9.57. The summed E-state index contributed by atoms with van der Waals surface area (Å²) in [4.78, 5) is 16.0. The van der Waals surface area contributed by atoms with E-state index in [1.807, 2.05) is 6.20 Å². The normalized spacial score (nSPS) is 39.0. The van der Waals surface area contributed by atoms with Crippen LogP contribution in [-0.4, -0.2) is 17.1 Å². The molecule has 4 aliphatic carbocycles. The molecule has 3 saturated carbocycles. The standard InChI is InChI=1S/C28H37NO2/c1-5-19-12-15-29-17-23(19)25-9-8-24-22-7-6-20-16-21(31-18(2)30)10-13-27(20,3)26(22)11-14-28(24,25)4/h8-9,12,15,17,20-22,26H,5-7,10-11,13-14,16H2,1-4H3. The topological polar surface area (TPSA) is 39.2 Å². The molecule has 0 aliphatic heterocycles. The Hall–Kier alpha value is -1.90. The molecule has 0 N–H and O–H groups in total. The van der Waals surface area contributed by atoms with Crippen LogP contribution in [0.25, 0.3) is 5.57 Å². The summed E-state index contributed by atoms with van der Waals surface area (Å²) in [6.07, 6.45) is 18.5. The summed E-state index contributed by atoms with van der Waals surface area (Å²) < 4.78 is 5.63. The van der Waals surface area contributed by atoms with Gasteiger partial charge in [-0.15, -0.1) is 0 Å². The van der Waals surface area contributed by atoms with Gasteiger partial charge in [-0.2, -0.15) is 0 Å². The molecule has 6 unspecified atom stereocenters. The zero-order chi connectivity index (χ0) is 21.8. The second-order valence-corrected chi connectivity index (χ2v) is 11.0. The first-order valence-corrected chi connectivity index (χ1v) is 12.4. The number of esters is 1. The maximum absolute atomic E-state index is 11.5. The van der Waals surface area contributed by atoms with Crippen molar-refractivity contribution in [3.05, 3.63) is 47.3 Å². The monoisotopic (exact) mass is 419 g/mol. The maximum Gasteiger partial charge on any atom is 0.302 e. The van der Waals surface area contributed by atoms with Crippen molar-refractivity contribution in [3.8, 4) is 0 Å². The fourth-order valence-corrected chi connectivity index (χ4v) is 7.92. The molecule has 6 atom stereocenters. The lowest BCUT2D eigenvalue weighted by Gasteiger charge is -2.59. The van der Waals surface area contributed by atoms with Gasteiger partial charge in [0, 0.05) is 30.3 Å². The summed E-state index contributed by atoms with van der Waals surface area (Å²) >= 11 is 0. The summed E-state index contributed by atoms with van der Waals surface area (Å²) in [5, 5.41) is 0. The Bertz CT molecular complexity index is 946. The highest BCUT2D eigenvalue weighted by Crippen LogP contribution is 2.66. The molecule has 3 fully saturated rings. The fraction of sp³-hybridized carbons (Fsp3) is 0.643. The van der Waals surface area contributed by atoms with Gasteiger partial charge in [0.25, 0.3) is 0 Å².